The highest BCUT2D eigenvalue weighted by Crippen LogP contribution is 2.37. The van der Waals surface area contributed by atoms with E-state index in [1.807, 2.05) is 6.92 Å². The quantitative estimate of drug-likeness (QED) is 0.736. The number of nitrogens with zero attached hydrogens (tertiary/aromatic N) is 1. The van der Waals surface area contributed by atoms with Gasteiger partial charge in [0.2, 0.25) is 0 Å². The summed E-state index contributed by atoms with van der Waals surface area (Å²) < 4.78 is 0. The molecule has 0 aromatic rings. The Bertz CT molecular complexity index is 187. The fourth-order valence-corrected chi connectivity index (χ4v) is 2.68. The molecular formula is C12H25NO. The van der Waals surface area contributed by atoms with Gasteiger partial charge in [0.05, 0.1) is 5.60 Å². The van der Waals surface area contributed by atoms with Crippen molar-refractivity contribution < 1.29 is 5.11 Å². The van der Waals surface area contributed by atoms with Gasteiger partial charge in [-0.25, -0.2) is 0 Å². The van der Waals surface area contributed by atoms with Crippen molar-refractivity contribution in [3.63, 3.8) is 0 Å². The van der Waals surface area contributed by atoms with E-state index in [0.29, 0.717) is 6.04 Å². The molecule has 0 saturated heterocycles. The SMILES string of the molecule is CC(C)[C@@H]1CC[C@](C)(O)[C@@H](N(C)C)C1. The molecule has 14 heavy (non-hydrogen) atoms. The molecule has 3 atom stereocenters. The lowest BCUT2D eigenvalue weighted by Gasteiger charge is -2.45. The third-order valence-electron chi connectivity index (χ3n) is 3.83. The highest BCUT2D eigenvalue weighted by Gasteiger charge is 2.40. The molecule has 84 valence electrons. The first-order valence-corrected chi connectivity index (χ1v) is 5.73. The standard InChI is InChI=1S/C12H25NO/c1-9(2)10-6-7-12(3,14)11(8-10)13(4)5/h9-11,14H,6-8H2,1-5H3/t10-,11+,12+/m1/s1. The molecule has 0 bridgehead atoms. The van der Waals surface area contributed by atoms with E-state index in [2.05, 4.69) is 32.8 Å². The number of hydrogen-bond acceptors (Lipinski definition) is 2. The summed E-state index contributed by atoms with van der Waals surface area (Å²) in [7, 11) is 4.14. The second-order valence-electron chi connectivity index (χ2n) is 5.62. The predicted octanol–water partition coefficient (Wildman–Crippen LogP) is 2.12. The van der Waals surface area contributed by atoms with Gasteiger partial charge in [-0.05, 0) is 52.1 Å². The van der Waals surface area contributed by atoms with Crippen LogP contribution in [0.25, 0.3) is 0 Å². The number of aliphatic hydroxyl groups is 1. The molecule has 0 amide bonds. The first-order chi connectivity index (χ1) is 6.34. The molecule has 2 nitrogen and oxygen atoms in total. The molecule has 0 radical (unpaired) electrons. The third-order valence-corrected chi connectivity index (χ3v) is 3.83. The van der Waals surface area contributed by atoms with Crippen LogP contribution in [0.15, 0.2) is 0 Å². The summed E-state index contributed by atoms with van der Waals surface area (Å²) in [6.45, 7) is 6.56. The van der Waals surface area contributed by atoms with E-state index in [4.69, 9.17) is 0 Å². The van der Waals surface area contributed by atoms with E-state index in [-0.39, 0.29) is 0 Å². The summed E-state index contributed by atoms with van der Waals surface area (Å²) in [5.74, 6) is 1.52. The molecule has 1 rings (SSSR count). The summed E-state index contributed by atoms with van der Waals surface area (Å²) in [6, 6.07) is 0.323. The van der Waals surface area contributed by atoms with Gasteiger partial charge in [-0.15, -0.1) is 0 Å². The Kier molecular flexibility index (Phi) is 3.59. The maximum Gasteiger partial charge on any atom is 0.0774 e. The Hall–Kier alpha value is -0.0800. The van der Waals surface area contributed by atoms with Crippen LogP contribution in [0.4, 0.5) is 0 Å². The maximum absolute atomic E-state index is 10.3. The molecule has 1 aliphatic rings. The van der Waals surface area contributed by atoms with Crippen molar-refractivity contribution >= 4 is 0 Å². The fraction of sp³-hybridized carbons (Fsp3) is 1.00. The average molecular weight is 199 g/mol. The van der Waals surface area contributed by atoms with Crippen molar-refractivity contribution in [2.45, 2.75) is 51.7 Å². The van der Waals surface area contributed by atoms with Crippen LogP contribution >= 0.6 is 0 Å². The molecule has 1 aliphatic carbocycles. The molecule has 1 N–H and O–H groups in total. The Morgan fingerprint density at radius 1 is 1.36 bits per heavy atom. The molecule has 0 heterocycles. The first kappa shape index (κ1) is 12.0. The molecular weight excluding hydrogens is 174 g/mol. The minimum atomic E-state index is -0.491. The minimum Gasteiger partial charge on any atom is -0.389 e. The Balaban J connectivity index is 2.68. The van der Waals surface area contributed by atoms with Crippen LogP contribution in [-0.2, 0) is 0 Å². The van der Waals surface area contributed by atoms with Gasteiger partial charge in [-0.1, -0.05) is 13.8 Å². The number of likely N-dealkylation sites (N-methyl/N-ethyl adjacent to an activating group) is 1. The Morgan fingerprint density at radius 3 is 2.36 bits per heavy atom. The summed E-state index contributed by atoms with van der Waals surface area (Å²) in [5, 5.41) is 10.3. The van der Waals surface area contributed by atoms with Crippen molar-refractivity contribution in [2.24, 2.45) is 11.8 Å². The Labute approximate surface area is 88.3 Å². The van der Waals surface area contributed by atoms with Crippen LogP contribution in [0.5, 0.6) is 0 Å². The van der Waals surface area contributed by atoms with Gasteiger partial charge < -0.3 is 10.0 Å². The number of hydrogen-bond donors (Lipinski definition) is 1. The largest absolute Gasteiger partial charge is 0.389 e. The van der Waals surface area contributed by atoms with Crippen LogP contribution in [0.3, 0.4) is 0 Å². The van der Waals surface area contributed by atoms with Gasteiger partial charge >= 0.3 is 0 Å². The van der Waals surface area contributed by atoms with Crippen molar-refractivity contribution in [1.82, 2.24) is 4.90 Å². The molecule has 2 heteroatoms. The lowest BCUT2D eigenvalue weighted by Crippen LogP contribution is -2.52. The van der Waals surface area contributed by atoms with Crippen molar-refractivity contribution in [3.05, 3.63) is 0 Å². The van der Waals surface area contributed by atoms with Crippen molar-refractivity contribution in [1.29, 1.82) is 0 Å². The minimum absolute atomic E-state index is 0.323. The van der Waals surface area contributed by atoms with E-state index in [1.54, 1.807) is 0 Å². The third kappa shape index (κ3) is 2.48. The predicted molar refractivity (Wildman–Crippen MR) is 60.3 cm³/mol. The van der Waals surface area contributed by atoms with Gasteiger partial charge in [-0.3, -0.25) is 0 Å². The van der Waals surface area contributed by atoms with Crippen LogP contribution in [-0.4, -0.2) is 35.7 Å². The molecule has 1 fully saturated rings. The summed E-state index contributed by atoms with van der Waals surface area (Å²) in [4.78, 5) is 2.18. The van der Waals surface area contributed by atoms with Crippen molar-refractivity contribution in [2.75, 3.05) is 14.1 Å². The molecule has 0 aromatic heterocycles. The van der Waals surface area contributed by atoms with Gasteiger partial charge in [0.15, 0.2) is 0 Å². The smallest absolute Gasteiger partial charge is 0.0774 e. The van der Waals surface area contributed by atoms with E-state index >= 15 is 0 Å². The highest BCUT2D eigenvalue weighted by molar-refractivity contribution is 4.94. The van der Waals surface area contributed by atoms with E-state index in [9.17, 15) is 5.11 Å². The van der Waals surface area contributed by atoms with Gasteiger partial charge in [-0.2, -0.15) is 0 Å². The van der Waals surface area contributed by atoms with E-state index in [1.165, 1.54) is 6.42 Å². The van der Waals surface area contributed by atoms with Crippen LogP contribution < -0.4 is 0 Å². The summed E-state index contributed by atoms with van der Waals surface area (Å²) >= 11 is 0. The molecule has 0 unspecified atom stereocenters. The van der Waals surface area contributed by atoms with Gasteiger partial charge in [0, 0.05) is 6.04 Å². The highest BCUT2D eigenvalue weighted by atomic mass is 16.3. The van der Waals surface area contributed by atoms with Crippen LogP contribution in [0.2, 0.25) is 0 Å². The zero-order chi connectivity index (χ0) is 10.9. The van der Waals surface area contributed by atoms with Crippen LogP contribution in [0, 0.1) is 11.8 Å². The van der Waals surface area contributed by atoms with Crippen LogP contribution in [0.1, 0.15) is 40.0 Å². The lowest BCUT2D eigenvalue weighted by atomic mass is 9.72. The fourth-order valence-electron chi connectivity index (χ4n) is 2.68. The number of rotatable bonds is 2. The second-order valence-corrected chi connectivity index (χ2v) is 5.62. The van der Waals surface area contributed by atoms with Gasteiger partial charge in [0.25, 0.3) is 0 Å². The Morgan fingerprint density at radius 2 is 1.93 bits per heavy atom. The maximum atomic E-state index is 10.3. The molecule has 0 aromatic carbocycles. The first-order valence-electron chi connectivity index (χ1n) is 5.73. The van der Waals surface area contributed by atoms with Gasteiger partial charge in [0.1, 0.15) is 0 Å². The normalized spacial score (nSPS) is 39.4. The zero-order valence-electron chi connectivity index (χ0n) is 10.2. The molecule has 1 saturated carbocycles. The average Bonchev–Trinajstić information content (AvgIpc) is 2.02. The molecule has 0 aliphatic heterocycles. The second kappa shape index (κ2) is 4.19. The van der Waals surface area contributed by atoms with E-state index < -0.39 is 5.60 Å². The summed E-state index contributed by atoms with van der Waals surface area (Å²) in [5.41, 5.74) is -0.491. The van der Waals surface area contributed by atoms with E-state index in [0.717, 1.165) is 24.7 Å². The monoisotopic (exact) mass is 199 g/mol. The summed E-state index contributed by atoms with van der Waals surface area (Å²) in [6.07, 6.45) is 3.26. The van der Waals surface area contributed by atoms with Crippen molar-refractivity contribution in [3.8, 4) is 0 Å². The molecule has 0 spiro atoms. The lowest BCUT2D eigenvalue weighted by molar-refractivity contribution is -0.0641. The zero-order valence-corrected chi connectivity index (χ0v) is 10.2. The topological polar surface area (TPSA) is 23.5 Å².